The van der Waals surface area contributed by atoms with Crippen LogP contribution in [0, 0.1) is 0 Å². The van der Waals surface area contributed by atoms with Gasteiger partial charge in [0.2, 0.25) is 5.91 Å². The topological polar surface area (TPSA) is 71.2 Å². The normalized spacial score (nSPS) is 15.3. The van der Waals surface area contributed by atoms with Crippen molar-refractivity contribution in [2.24, 2.45) is 5.73 Å². The highest BCUT2D eigenvalue weighted by molar-refractivity contribution is 6.03. The van der Waals surface area contributed by atoms with Crippen molar-refractivity contribution in [2.45, 2.75) is 19.4 Å². The first kappa shape index (κ1) is 13.6. The third kappa shape index (κ3) is 2.60. The van der Waals surface area contributed by atoms with E-state index in [2.05, 4.69) is 10.3 Å². The quantitative estimate of drug-likeness (QED) is 0.907. The second-order valence-corrected chi connectivity index (χ2v) is 5.11. The van der Waals surface area contributed by atoms with E-state index in [1.807, 2.05) is 48.2 Å². The van der Waals surface area contributed by atoms with E-state index in [4.69, 9.17) is 5.73 Å². The predicted molar refractivity (Wildman–Crippen MR) is 83.5 cm³/mol. The largest absolute Gasteiger partial charge is 0.329 e. The summed E-state index contributed by atoms with van der Waals surface area (Å²) in [4.78, 5) is 18.2. The summed E-state index contributed by atoms with van der Waals surface area (Å²) < 4.78 is 0. The number of fused-ring (bicyclic) bond motifs is 1. The predicted octanol–water partition coefficient (Wildman–Crippen LogP) is 2.58. The van der Waals surface area contributed by atoms with Gasteiger partial charge in [0.25, 0.3) is 0 Å². The van der Waals surface area contributed by atoms with Crippen LogP contribution in [0.15, 0.2) is 42.6 Å². The number of para-hydroxylation sites is 2. The molecule has 1 aliphatic heterocycles. The van der Waals surface area contributed by atoms with Crippen molar-refractivity contribution in [1.82, 2.24) is 4.98 Å². The van der Waals surface area contributed by atoms with Gasteiger partial charge in [-0.15, -0.1) is 0 Å². The Balaban J connectivity index is 1.95. The molecule has 2 heterocycles. The number of benzene rings is 1. The van der Waals surface area contributed by atoms with Crippen molar-refractivity contribution >= 4 is 23.0 Å². The molecule has 1 aliphatic rings. The van der Waals surface area contributed by atoms with Crippen LogP contribution in [0.3, 0.4) is 0 Å². The Morgan fingerprint density at radius 1 is 1.33 bits per heavy atom. The lowest BCUT2D eigenvalue weighted by Gasteiger charge is -2.30. The van der Waals surface area contributed by atoms with Gasteiger partial charge in [0.1, 0.15) is 6.54 Å². The lowest BCUT2D eigenvalue weighted by Crippen LogP contribution is -2.35. The van der Waals surface area contributed by atoms with Gasteiger partial charge in [-0.3, -0.25) is 9.78 Å². The number of pyridine rings is 1. The molecule has 1 atom stereocenters. The minimum atomic E-state index is -0.0454. The molecule has 0 aliphatic carbocycles. The lowest BCUT2D eigenvalue weighted by atomic mass is 10.1. The van der Waals surface area contributed by atoms with Crippen molar-refractivity contribution in [3.63, 3.8) is 0 Å². The number of carbonyl (C=O) groups excluding carboxylic acids is 1. The molecule has 0 spiro atoms. The molecular formula is C16H18N4O. The second kappa shape index (κ2) is 5.54. The second-order valence-electron chi connectivity index (χ2n) is 5.11. The third-order valence-electron chi connectivity index (χ3n) is 3.67. The van der Waals surface area contributed by atoms with E-state index < -0.39 is 0 Å². The maximum atomic E-state index is 11.8. The molecule has 0 saturated carbocycles. The van der Waals surface area contributed by atoms with Crippen LogP contribution in [0.1, 0.15) is 25.1 Å². The number of rotatable bonds is 3. The van der Waals surface area contributed by atoms with Crippen molar-refractivity contribution < 1.29 is 4.79 Å². The number of anilines is 3. The molecule has 0 saturated heterocycles. The first-order chi connectivity index (χ1) is 10.2. The van der Waals surface area contributed by atoms with E-state index in [0.29, 0.717) is 0 Å². The first-order valence-corrected chi connectivity index (χ1v) is 7.07. The summed E-state index contributed by atoms with van der Waals surface area (Å²) in [7, 11) is 0. The van der Waals surface area contributed by atoms with E-state index in [1.54, 1.807) is 6.20 Å². The van der Waals surface area contributed by atoms with Gasteiger partial charge in [0.15, 0.2) is 0 Å². The molecule has 21 heavy (non-hydrogen) atoms. The lowest BCUT2D eigenvalue weighted by molar-refractivity contribution is -0.115. The molecule has 0 bridgehead atoms. The smallest absolute Gasteiger partial charge is 0.244 e. The van der Waals surface area contributed by atoms with Crippen molar-refractivity contribution in [2.75, 3.05) is 16.8 Å². The van der Waals surface area contributed by atoms with E-state index in [0.717, 1.165) is 29.2 Å². The molecule has 0 fully saturated rings. The maximum Gasteiger partial charge on any atom is 0.244 e. The SMILES string of the molecule is CC[C@H](N)c1ccc(N2CC(=O)Nc3ccccc32)cn1. The molecule has 108 valence electrons. The molecule has 1 aromatic heterocycles. The average molecular weight is 282 g/mol. The Kier molecular flexibility index (Phi) is 3.58. The van der Waals surface area contributed by atoms with Gasteiger partial charge in [0.05, 0.1) is 29.0 Å². The molecule has 2 aromatic rings. The number of carbonyl (C=O) groups is 1. The van der Waals surface area contributed by atoms with Crippen LogP contribution < -0.4 is 16.0 Å². The Morgan fingerprint density at radius 3 is 2.86 bits per heavy atom. The summed E-state index contributed by atoms with van der Waals surface area (Å²) in [5.41, 5.74) is 9.55. The number of amides is 1. The number of hydrogen-bond acceptors (Lipinski definition) is 4. The summed E-state index contributed by atoms with van der Waals surface area (Å²) in [5, 5.41) is 2.88. The third-order valence-corrected chi connectivity index (χ3v) is 3.67. The van der Waals surface area contributed by atoms with Gasteiger partial charge in [-0.2, -0.15) is 0 Å². The number of nitrogens with one attached hydrogen (secondary N) is 1. The van der Waals surface area contributed by atoms with E-state index in [-0.39, 0.29) is 18.5 Å². The Labute approximate surface area is 123 Å². The van der Waals surface area contributed by atoms with Gasteiger partial charge in [-0.25, -0.2) is 0 Å². The Hall–Kier alpha value is -2.40. The highest BCUT2D eigenvalue weighted by atomic mass is 16.2. The van der Waals surface area contributed by atoms with Crippen LogP contribution in [-0.2, 0) is 4.79 Å². The molecule has 3 N–H and O–H groups in total. The van der Waals surface area contributed by atoms with Crippen LogP contribution in [0.4, 0.5) is 17.1 Å². The van der Waals surface area contributed by atoms with Crippen LogP contribution >= 0.6 is 0 Å². The summed E-state index contributed by atoms with van der Waals surface area (Å²) >= 11 is 0. The fourth-order valence-electron chi connectivity index (χ4n) is 2.45. The monoisotopic (exact) mass is 282 g/mol. The van der Waals surface area contributed by atoms with Gasteiger partial charge in [0, 0.05) is 6.04 Å². The molecule has 1 aromatic carbocycles. The van der Waals surface area contributed by atoms with Crippen LogP contribution in [0.5, 0.6) is 0 Å². The van der Waals surface area contributed by atoms with Crippen molar-refractivity contribution in [3.8, 4) is 0 Å². The molecule has 1 amide bonds. The summed E-state index contributed by atoms with van der Waals surface area (Å²) in [5.74, 6) is -0.0250. The average Bonchev–Trinajstić information content (AvgIpc) is 2.53. The number of aromatic nitrogens is 1. The van der Waals surface area contributed by atoms with Gasteiger partial charge in [-0.1, -0.05) is 19.1 Å². The fourth-order valence-corrected chi connectivity index (χ4v) is 2.45. The molecular weight excluding hydrogens is 264 g/mol. The standard InChI is InChI=1S/C16H18N4O/c1-2-12(17)13-8-7-11(9-18-13)20-10-16(21)19-14-5-3-4-6-15(14)20/h3-9,12H,2,10,17H2,1H3,(H,19,21)/t12-/m0/s1. The van der Waals surface area contributed by atoms with Gasteiger partial charge < -0.3 is 16.0 Å². The number of nitrogens with two attached hydrogens (primary N) is 1. The molecule has 0 unspecified atom stereocenters. The number of nitrogens with zero attached hydrogens (tertiary/aromatic N) is 2. The van der Waals surface area contributed by atoms with Gasteiger partial charge in [-0.05, 0) is 30.7 Å². The molecule has 5 heteroatoms. The fraction of sp³-hybridized carbons (Fsp3) is 0.250. The zero-order valence-corrected chi connectivity index (χ0v) is 11.9. The van der Waals surface area contributed by atoms with E-state index >= 15 is 0 Å². The molecule has 5 nitrogen and oxygen atoms in total. The Morgan fingerprint density at radius 2 is 2.14 bits per heavy atom. The van der Waals surface area contributed by atoms with Crippen molar-refractivity contribution in [1.29, 1.82) is 0 Å². The highest BCUT2D eigenvalue weighted by Crippen LogP contribution is 2.34. The van der Waals surface area contributed by atoms with E-state index in [1.165, 1.54) is 0 Å². The summed E-state index contributed by atoms with van der Waals surface area (Å²) in [6.07, 6.45) is 2.63. The van der Waals surface area contributed by atoms with Crippen LogP contribution in [-0.4, -0.2) is 17.4 Å². The summed E-state index contributed by atoms with van der Waals surface area (Å²) in [6, 6.07) is 11.6. The number of hydrogen-bond donors (Lipinski definition) is 2. The zero-order chi connectivity index (χ0) is 14.8. The Bertz CT molecular complexity index is 654. The van der Waals surface area contributed by atoms with Crippen molar-refractivity contribution in [3.05, 3.63) is 48.3 Å². The van der Waals surface area contributed by atoms with Crippen LogP contribution in [0.2, 0.25) is 0 Å². The summed E-state index contributed by atoms with van der Waals surface area (Å²) in [6.45, 7) is 2.32. The van der Waals surface area contributed by atoms with Gasteiger partial charge >= 0.3 is 0 Å². The first-order valence-electron chi connectivity index (χ1n) is 7.07. The molecule has 0 radical (unpaired) electrons. The molecule has 3 rings (SSSR count). The highest BCUT2D eigenvalue weighted by Gasteiger charge is 2.23. The minimum Gasteiger partial charge on any atom is -0.329 e. The minimum absolute atomic E-state index is 0.0250. The maximum absolute atomic E-state index is 11.8. The zero-order valence-electron chi connectivity index (χ0n) is 11.9. The van der Waals surface area contributed by atoms with E-state index in [9.17, 15) is 4.79 Å². The van der Waals surface area contributed by atoms with Crippen LogP contribution in [0.25, 0.3) is 0 Å².